The summed E-state index contributed by atoms with van der Waals surface area (Å²) in [7, 11) is 0. The first-order chi connectivity index (χ1) is 8.33. The Morgan fingerprint density at radius 3 is 2.56 bits per heavy atom. The molecule has 1 aliphatic heterocycles. The van der Waals surface area contributed by atoms with Gasteiger partial charge in [-0.15, -0.1) is 0 Å². The summed E-state index contributed by atoms with van der Waals surface area (Å²) in [5.74, 6) is 0. The monoisotopic (exact) mass is 257 g/mol. The lowest BCUT2D eigenvalue weighted by atomic mass is 10.2. The zero-order valence-corrected chi connectivity index (χ0v) is 12.1. The number of nitrogens with zero attached hydrogens (tertiary/aromatic N) is 2. The summed E-state index contributed by atoms with van der Waals surface area (Å²) in [6.07, 6.45) is 0.813. The average molecular weight is 257 g/mol. The van der Waals surface area contributed by atoms with Crippen molar-refractivity contribution in [1.29, 1.82) is 0 Å². The molecule has 1 rings (SSSR count). The van der Waals surface area contributed by atoms with Crippen molar-refractivity contribution >= 4 is 6.09 Å². The summed E-state index contributed by atoms with van der Waals surface area (Å²) in [5, 5.41) is 0. The number of ether oxygens (including phenoxy) is 1. The predicted molar refractivity (Wildman–Crippen MR) is 72.5 cm³/mol. The van der Waals surface area contributed by atoms with Crippen LogP contribution in [-0.2, 0) is 4.74 Å². The summed E-state index contributed by atoms with van der Waals surface area (Å²) in [6.45, 7) is 12.0. The third-order valence-corrected chi connectivity index (χ3v) is 3.02. The first-order valence-electron chi connectivity index (χ1n) is 6.75. The number of hydrogen-bond acceptors (Lipinski definition) is 4. The Labute approximate surface area is 110 Å². The second-order valence-electron chi connectivity index (χ2n) is 5.97. The zero-order chi connectivity index (χ0) is 13.8. The Morgan fingerprint density at radius 1 is 1.39 bits per heavy atom. The molecule has 1 aliphatic rings. The van der Waals surface area contributed by atoms with E-state index in [4.69, 9.17) is 10.5 Å². The topological polar surface area (TPSA) is 58.8 Å². The van der Waals surface area contributed by atoms with Crippen molar-refractivity contribution in [1.82, 2.24) is 9.80 Å². The Balaban J connectivity index is 2.44. The molecule has 1 fully saturated rings. The fraction of sp³-hybridized carbons (Fsp3) is 0.923. The minimum Gasteiger partial charge on any atom is -0.444 e. The Morgan fingerprint density at radius 2 is 2.06 bits per heavy atom. The maximum absolute atomic E-state index is 12.0. The molecule has 0 radical (unpaired) electrons. The highest BCUT2D eigenvalue weighted by atomic mass is 16.6. The van der Waals surface area contributed by atoms with E-state index in [-0.39, 0.29) is 12.1 Å². The SMILES string of the molecule is C[C@H]1CN(CCCN)CCN1C(=O)OC(C)(C)C. The van der Waals surface area contributed by atoms with Crippen LogP contribution in [0.3, 0.4) is 0 Å². The Hall–Kier alpha value is -0.810. The van der Waals surface area contributed by atoms with E-state index in [9.17, 15) is 4.79 Å². The largest absolute Gasteiger partial charge is 0.444 e. The quantitative estimate of drug-likeness (QED) is 0.827. The fourth-order valence-electron chi connectivity index (χ4n) is 2.14. The van der Waals surface area contributed by atoms with E-state index >= 15 is 0 Å². The van der Waals surface area contributed by atoms with Gasteiger partial charge in [-0.1, -0.05) is 0 Å². The molecule has 0 saturated carbocycles. The molecule has 1 atom stereocenters. The molecule has 0 aromatic rings. The van der Waals surface area contributed by atoms with Gasteiger partial charge >= 0.3 is 6.09 Å². The molecule has 1 saturated heterocycles. The third-order valence-electron chi connectivity index (χ3n) is 3.02. The molecule has 0 aliphatic carbocycles. The van der Waals surface area contributed by atoms with Gasteiger partial charge in [0.2, 0.25) is 0 Å². The van der Waals surface area contributed by atoms with Gasteiger partial charge in [-0.2, -0.15) is 0 Å². The molecule has 0 unspecified atom stereocenters. The van der Waals surface area contributed by atoms with Crippen molar-refractivity contribution < 1.29 is 9.53 Å². The van der Waals surface area contributed by atoms with Crippen LogP contribution in [0.4, 0.5) is 4.79 Å². The second kappa shape index (κ2) is 6.38. The molecule has 0 bridgehead atoms. The molecule has 0 aromatic carbocycles. The van der Waals surface area contributed by atoms with Crippen LogP contribution < -0.4 is 5.73 Å². The third kappa shape index (κ3) is 4.82. The van der Waals surface area contributed by atoms with Gasteiger partial charge in [-0.3, -0.25) is 4.90 Å². The maximum atomic E-state index is 12.0. The van der Waals surface area contributed by atoms with Gasteiger partial charge in [0.15, 0.2) is 0 Å². The van der Waals surface area contributed by atoms with Crippen molar-refractivity contribution in [3.05, 3.63) is 0 Å². The fourth-order valence-corrected chi connectivity index (χ4v) is 2.14. The molecule has 0 aromatic heterocycles. The van der Waals surface area contributed by atoms with Crippen LogP contribution in [0.1, 0.15) is 34.1 Å². The standard InChI is InChI=1S/C13H27N3O2/c1-11-10-15(7-5-6-14)8-9-16(11)12(17)18-13(2,3)4/h11H,5-10,14H2,1-4H3/t11-/m0/s1. The molecule has 1 amide bonds. The van der Waals surface area contributed by atoms with Crippen LogP contribution in [0.5, 0.6) is 0 Å². The normalized spacial score (nSPS) is 22.1. The van der Waals surface area contributed by atoms with E-state index in [0.29, 0.717) is 0 Å². The van der Waals surface area contributed by atoms with Crippen LogP contribution in [0.15, 0.2) is 0 Å². The highest BCUT2D eigenvalue weighted by Gasteiger charge is 2.30. The smallest absolute Gasteiger partial charge is 0.410 e. The minimum absolute atomic E-state index is 0.200. The highest BCUT2D eigenvalue weighted by molar-refractivity contribution is 5.68. The molecule has 106 valence electrons. The number of piperazine rings is 1. The molecule has 18 heavy (non-hydrogen) atoms. The summed E-state index contributed by atoms with van der Waals surface area (Å²) in [5.41, 5.74) is 5.09. The van der Waals surface area contributed by atoms with E-state index in [0.717, 1.165) is 39.1 Å². The number of carbonyl (C=O) groups excluding carboxylic acids is 1. The molecular formula is C13H27N3O2. The van der Waals surface area contributed by atoms with Crippen molar-refractivity contribution in [3.8, 4) is 0 Å². The number of carbonyl (C=O) groups is 1. The minimum atomic E-state index is -0.423. The predicted octanol–water partition coefficient (Wildman–Crippen LogP) is 1.28. The summed E-state index contributed by atoms with van der Waals surface area (Å²) in [6, 6.07) is 0.200. The van der Waals surface area contributed by atoms with Crippen molar-refractivity contribution in [3.63, 3.8) is 0 Å². The lowest BCUT2D eigenvalue weighted by Gasteiger charge is -2.40. The number of hydrogen-bond donors (Lipinski definition) is 1. The first-order valence-corrected chi connectivity index (χ1v) is 6.75. The second-order valence-corrected chi connectivity index (χ2v) is 5.97. The van der Waals surface area contributed by atoms with Crippen LogP contribution in [0.2, 0.25) is 0 Å². The number of nitrogens with two attached hydrogens (primary N) is 1. The number of amides is 1. The molecule has 0 spiro atoms. The lowest BCUT2D eigenvalue weighted by Crippen LogP contribution is -2.55. The van der Waals surface area contributed by atoms with Crippen molar-refractivity contribution in [2.24, 2.45) is 5.73 Å². The summed E-state index contributed by atoms with van der Waals surface area (Å²) < 4.78 is 5.41. The number of rotatable bonds is 3. The van der Waals surface area contributed by atoms with Gasteiger partial charge in [0, 0.05) is 25.7 Å². The molecule has 5 nitrogen and oxygen atoms in total. The van der Waals surface area contributed by atoms with E-state index in [2.05, 4.69) is 11.8 Å². The van der Waals surface area contributed by atoms with Crippen molar-refractivity contribution in [2.45, 2.75) is 45.8 Å². The lowest BCUT2D eigenvalue weighted by molar-refractivity contribution is 0.00146. The molecule has 5 heteroatoms. The summed E-state index contributed by atoms with van der Waals surface area (Å²) in [4.78, 5) is 16.2. The van der Waals surface area contributed by atoms with Crippen molar-refractivity contribution in [2.75, 3.05) is 32.7 Å². The van der Waals surface area contributed by atoms with E-state index < -0.39 is 5.60 Å². The molecule has 2 N–H and O–H groups in total. The zero-order valence-electron chi connectivity index (χ0n) is 12.1. The van der Waals surface area contributed by atoms with Gasteiger partial charge in [-0.05, 0) is 47.2 Å². The molecular weight excluding hydrogens is 230 g/mol. The Bertz CT molecular complexity index is 276. The van der Waals surface area contributed by atoms with E-state index in [1.54, 1.807) is 0 Å². The molecule has 1 heterocycles. The average Bonchev–Trinajstić information content (AvgIpc) is 2.23. The van der Waals surface area contributed by atoms with E-state index in [1.165, 1.54) is 0 Å². The van der Waals surface area contributed by atoms with Gasteiger partial charge in [0.05, 0.1) is 0 Å². The maximum Gasteiger partial charge on any atom is 0.410 e. The highest BCUT2D eigenvalue weighted by Crippen LogP contribution is 2.15. The van der Waals surface area contributed by atoms with Gasteiger partial charge in [0.1, 0.15) is 5.60 Å². The van der Waals surface area contributed by atoms with Crippen LogP contribution in [0, 0.1) is 0 Å². The Kier molecular flexibility index (Phi) is 5.41. The van der Waals surface area contributed by atoms with Gasteiger partial charge < -0.3 is 15.4 Å². The summed E-state index contributed by atoms with van der Waals surface area (Å²) >= 11 is 0. The van der Waals surface area contributed by atoms with Gasteiger partial charge in [-0.25, -0.2) is 4.79 Å². The van der Waals surface area contributed by atoms with Crippen LogP contribution >= 0.6 is 0 Å². The van der Waals surface area contributed by atoms with Crippen LogP contribution in [0.25, 0.3) is 0 Å². The van der Waals surface area contributed by atoms with E-state index in [1.807, 2.05) is 25.7 Å². The first kappa shape index (κ1) is 15.2. The van der Waals surface area contributed by atoms with Gasteiger partial charge in [0.25, 0.3) is 0 Å². The van der Waals surface area contributed by atoms with Crippen LogP contribution in [-0.4, -0.2) is 60.3 Å².